The average molecular weight is 501 g/mol. The van der Waals surface area contributed by atoms with Crippen molar-refractivity contribution in [2.75, 3.05) is 16.9 Å². The van der Waals surface area contributed by atoms with E-state index in [0.29, 0.717) is 0 Å². The minimum atomic E-state index is -2.41. The van der Waals surface area contributed by atoms with Crippen LogP contribution in [0.15, 0.2) is 103 Å². The normalized spacial score (nSPS) is 17.0. The molecule has 0 radical (unpaired) electrons. The van der Waals surface area contributed by atoms with Gasteiger partial charge in [-0.25, -0.2) is 0 Å². The predicted octanol–water partition coefficient (Wildman–Crippen LogP) is 8.78. The Kier molecular flexibility index (Phi) is 4.90. The molecule has 5 aromatic rings. The van der Waals surface area contributed by atoms with Gasteiger partial charge in [0.1, 0.15) is 13.3 Å². The molecule has 37 heavy (non-hydrogen) atoms. The van der Waals surface area contributed by atoms with E-state index >= 15 is 0 Å². The molecule has 182 valence electrons. The summed E-state index contributed by atoms with van der Waals surface area (Å²) in [5, 5.41) is 7.00. The van der Waals surface area contributed by atoms with Gasteiger partial charge in [-0.1, -0.05) is 86.6 Å². The second-order valence-electron chi connectivity index (χ2n) is 10.6. The van der Waals surface area contributed by atoms with Crippen molar-refractivity contribution >= 4 is 40.3 Å². The van der Waals surface area contributed by atoms with Crippen LogP contribution in [0.3, 0.4) is 0 Å². The molecule has 4 heteroatoms. The summed E-state index contributed by atoms with van der Waals surface area (Å²) in [4.78, 5) is 2.44. The quantitative estimate of drug-likeness (QED) is 0.251. The highest BCUT2D eigenvalue weighted by molar-refractivity contribution is 7.71. The molecule has 2 atom stereocenters. The van der Waals surface area contributed by atoms with Crippen molar-refractivity contribution in [2.45, 2.75) is 25.7 Å². The highest BCUT2D eigenvalue weighted by Gasteiger charge is 2.37. The predicted molar refractivity (Wildman–Crippen MR) is 158 cm³/mol. The van der Waals surface area contributed by atoms with Gasteiger partial charge in [-0.05, 0) is 64.5 Å². The first kappa shape index (κ1) is 22.4. The van der Waals surface area contributed by atoms with Crippen molar-refractivity contribution < 1.29 is 4.57 Å². The summed E-state index contributed by atoms with van der Waals surface area (Å²) in [5.41, 5.74) is 9.88. The Balaban J connectivity index is 1.39. The first-order valence-electron chi connectivity index (χ1n) is 12.9. The Morgan fingerprint density at radius 2 is 1.46 bits per heavy atom. The van der Waals surface area contributed by atoms with E-state index in [1.54, 1.807) is 0 Å². The van der Waals surface area contributed by atoms with Crippen LogP contribution in [0.4, 0.5) is 17.1 Å². The van der Waals surface area contributed by atoms with E-state index < -0.39 is 7.14 Å². The monoisotopic (exact) mass is 500 g/mol. The van der Waals surface area contributed by atoms with E-state index in [9.17, 15) is 4.57 Å². The molecule has 0 saturated carbocycles. The number of nitrogens with one attached hydrogen (secondary N) is 1. The molecule has 0 aromatic heterocycles. The summed E-state index contributed by atoms with van der Waals surface area (Å²) in [5.74, 6) is 0. The molecule has 0 spiro atoms. The molecular weight excluding hydrogens is 471 g/mol. The zero-order chi connectivity index (χ0) is 25.3. The van der Waals surface area contributed by atoms with E-state index in [4.69, 9.17) is 0 Å². The van der Waals surface area contributed by atoms with Crippen LogP contribution in [-0.2, 0) is 4.57 Å². The molecule has 2 unspecified atom stereocenters. The van der Waals surface area contributed by atoms with Crippen LogP contribution in [0.25, 0.3) is 33.0 Å². The summed E-state index contributed by atoms with van der Waals surface area (Å²) in [6.45, 7) is 6.00. The lowest BCUT2D eigenvalue weighted by molar-refractivity contribution is 0.579. The Labute approximate surface area is 218 Å². The third-order valence-electron chi connectivity index (χ3n) is 8.17. The third-order valence-corrected chi connectivity index (χ3v) is 11.4. The van der Waals surface area contributed by atoms with Crippen molar-refractivity contribution in [3.63, 3.8) is 0 Å². The molecular formula is C33H29N2OP. The van der Waals surface area contributed by atoms with E-state index in [1.807, 2.05) is 26.6 Å². The Morgan fingerprint density at radius 1 is 0.730 bits per heavy atom. The van der Waals surface area contributed by atoms with Crippen molar-refractivity contribution in [2.24, 2.45) is 0 Å². The summed E-state index contributed by atoms with van der Waals surface area (Å²) in [6.07, 6.45) is 0.0743. The van der Waals surface area contributed by atoms with Crippen LogP contribution in [0.5, 0.6) is 0 Å². The van der Waals surface area contributed by atoms with Gasteiger partial charge in [0.25, 0.3) is 0 Å². The molecule has 0 fully saturated rings. The Bertz CT molecular complexity index is 1760. The number of hydrogen-bond acceptors (Lipinski definition) is 3. The van der Waals surface area contributed by atoms with Gasteiger partial charge in [-0.15, -0.1) is 0 Å². The van der Waals surface area contributed by atoms with Crippen molar-refractivity contribution in [3.05, 3.63) is 109 Å². The van der Waals surface area contributed by atoms with Gasteiger partial charge < -0.3 is 14.8 Å². The van der Waals surface area contributed by atoms with Gasteiger partial charge >= 0.3 is 0 Å². The first-order chi connectivity index (χ1) is 17.9. The van der Waals surface area contributed by atoms with Crippen LogP contribution in [0.1, 0.15) is 25.6 Å². The number of hydrogen-bond donors (Lipinski definition) is 1. The molecule has 2 aliphatic rings. The number of para-hydroxylation sites is 2. The molecule has 0 bridgehead atoms. The highest BCUT2D eigenvalue weighted by Crippen LogP contribution is 2.54. The second-order valence-corrected chi connectivity index (χ2v) is 14.1. The lowest BCUT2D eigenvalue weighted by Gasteiger charge is -2.35. The molecule has 7 rings (SSSR count). The van der Waals surface area contributed by atoms with Crippen LogP contribution in [0, 0.1) is 0 Å². The standard InChI is InChI=1S/C33H29N2OP/c1-21(2)37(3,36)26-16-14-22-12-13-23(18-25(22)19-26)24-15-17-28-27-8-4-5-9-29(27)33-34-30-10-6-7-11-31(30)35(33)32(28)20-24/h4-21,33-34H,1-3H3. The molecule has 3 nitrogen and oxygen atoms in total. The fourth-order valence-corrected chi connectivity index (χ4v) is 7.11. The summed E-state index contributed by atoms with van der Waals surface area (Å²) in [6, 6.07) is 37.0. The van der Waals surface area contributed by atoms with E-state index in [1.165, 1.54) is 44.6 Å². The maximum absolute atomic E-state index is 13.4. The van der Waals surface area contributed by atoms with E-state index in [-0.39, 0.29) is 11.8 Å². The van der Waals surface area contributed by atoms with Gasteiger partial charge in [-0.2, -0.15) is 0 Å². The minimum absolute atomic E-state index is 0.0743. The van der Waals surface area contributed by atoms with Gasteiger partial charge in [0.15, 0.2) is 0 Å². The molecule has 0 aliphatic carbocycles. The molecule has 5 aromatic carbocycles. The fraction of sp³-hybridized carbons (Fsp3) is 0.152. The van der Waals surface area contributed by atoms with Gasteiger partial charge in [0.2, 0.25) is 0 Å². The van der Waals surface area contributed by atoms with E-state index in [0.717, 1.165) is 16.4 Å². The average Bonchev–Trinajstić information content (AvgIpc) is 3.32. The van der Waals surface area contributed by atoms with Crippen LogP contribution in [0.2, 0.25) is 0 Å². The largest absolute Gasteiger partial charge is 0.359 e. The maximum atomic E-state index is 13.4. The number of benzene rings is 5. The van der Waals surface area contributed by atoms with Crippen LogP contribution < -0.4 is 15.5 Å². The lowest BCUT2D eigenvalue weighted by Crippen LogP contribution is -2.27. The van der Waals surface area contributed by atoms with Crippen molar-refractivity contribution in [3.8, 4) is 22.3 Å². The topological polar surface area (TPSA) is 32.3 Å². The maximum Gasteiger partial charge on any atom is 0.131 e. The molecule has 1 N–H and O–H groups in total. The van der Waals surface area contributed by atoms with Gasteiger partial charge in [0, 0.05) is 22.1 Å². The summed E-state index contributed by atoms with van der Waals surface area (Å²) in [7, 11) is -2.41. The summed E-state index contributed by atoms with van der Waals surface area (Å²) < 4.78 is 13.4. The SMILES string of the molecule is CC(C)P(C)(=O)c1ccc2ccc(-c3ccc4c(c3)N3c5ccccc5NC3c3ccccc3-4)cc2c1. The Morgan fingerprint density at radius 3 is 2.32 bits per heavy atom. The smallest absolute Gasteiger partial charge is 0.131 e. The Hall–Kier alpha value is -3.81. The molecule has 2 aliphatic heterocycles. The van der Waals surface area contributed by atoms with Crippen molar-refractivity contribution in [1.29, 1.82) is 0 Å². The van der Waals surface area contributed by atoms with Crippen LogP contribution >= 0.6 is 7.14 Å². The number of anilines is 3. The molecule has 2 heterocycles. The summed E-state index contributed by atoms with van der Waals surface area (Å²) >= 11 is 0. The molecule has 0 amide bonds. The fourth-order valence-electron chi connectivity index (χ4n) is 5.75. The van der Waals surface area contributed by atoms with Crippen LogP contribution in [-0.4, -0.2) is 12.3 Å². The lowest BCUT2D eigenvalue weighted by atomic mass is 9.89. The zero-order valence-corrected chi connectivity index (χ0v) is 22.2. The number of fused-ring (bicyclic) bond motifs is 9. The van der Waals surface area contributed by atoms with Gasteiger partial charge in [0.05, 0.1) is 17.1 Å². The second kappa shape index (κ2) is 8.10. The third kappa shape index (κ3) is 3.38. The number of rotatable bonds is 3. The van der Waals surface area contributed by atoms with Gasteiger partial charge in [-0.3, -0.25) is 0 Å². The molecule has 0 saturated heterocycles. The highest BCUT2D eigenvalue weighted by atomic mass is 31.2. The van der Waals surface area contributed by atoms with E-state index in [2.05, 4.69) is 107 Å². The minimum Gasteiger partial charge on any atom is -0.359 e. The first-order valence-corrected chi connectivity index (χ1v) is 15.1. The van der Waals surface area contributed by atoms with Crippen molar-refractivity contribution in [1.82, 2.24) is 0 Å². The number of nitrogens with zero attached hydrogens (tertiary/aromatic N) is 1. The zero-order valence-electron chi connectivity index (χ0n) is 21.3.